The minimum Gasteiger partial charge on any atom is -0.379 e. The van der Waals surface area contributed by atoms with E-state index in [1.165, 1.54) is 19.3 Å². The van der Waals surface area contributed by atoms with Crippen LogP contribution in [0.25, 0.3) is 0 Å². The van der Waals surface area contributed by atoms with Crippen LogP contribution >= 0.6 is 0 Å². The molecule has 1 heterocycles. The van der Waals surface area contributed by atoms with Crippen molar-refractivity contribution in [3.05, 3.63) is 0 Å². The molecule has 0 bridgehead atoms. The molecule has 0 aromatic rings. The van der Waals surface area contributed by atoms with Gasteiger partial charge in [-0.25, -0.2) is 0 Å². The Morgan fingerprint density at radius 3 is 2.32 bits per heavy atom. The number of piperidine rings is 1. The predicted octanol–water partition coefficient (Wildman–Crippen LogP) is 2.81. The number of nitrogens with zero attached hydrogens (tertiary/aromatic N) is 2. The highest BCUT2D eigenvalue weighted by atomic mass is 16.5. The molecule has 2 aliphatic rings. The molecule has 0 aromatic carbocycles. The lowest BCUT2D eigenvalue weighted by Crippen LogP contribution is -2.52. The van der Waals surface area contributed by atoms with E-state index in [4.69, 9.17) is 4.74 Å². The number of carbonyl (C=O) groups excluding carboxylic acids is 2. The van der Waals surface area contributed by atoms with E-state index in [-0.39, 0.29) is 29.9 Å². The van der Waals surface area contributed by atoms with E-state index in [2.05, 4.69) is 10.2 Å². The molecule has 1 saturated heterocycles. The number of nitrogens with one attached hydrogen (secondary N) is 1. The van der Waals surface area contributed by atoms with E-state index >= 15 is 0 Å². The molecule has 1 aliphatic heterocycles. The Morgan fingerprint density at radius 2 is 1.71 bits per heavy atom. The molecule has 2 fully saturated rings. The van der Waals surface area contributed by atoms with E-state index in [0.717, 1.165) is 45.2 Å². The Bertz CT molecular complexity index is 483. The summed E-state index contributed by atoms with van der Waals surface area (Å²) in [5.74, 6) is 0.461. The zero-order valence-corrected chi connectivity index (χ0v) is 18.4. The largest absolute Gasteiger partial charge is 0.379 e. The minimum atomic E-state index is -0.0934. The Labute approximate surface area is 171 Å². The number of rotatable bonds is 9. The highest BCUT2D eigenvalue weighted by Gasteiger charge is 2.32. The Morgan fingerprint density at radius 1 is 1.07 bits per heavy atom. The van der Waals surface area contributed by atoms with Crippen LogP contribution in [0.3, 0.4) is 0 Å². The third-order valence-corrected chi connectivity index (χ3v) is 6.35. The van der Waals surface area contributed by atoms with Crippen molar-refractivity contribution in [2.75, 3.05) is 33.3 Å². The van der Waals surface area contributed by atoms with Gasteiger partial charge in [0.05, 0.1) is 12.1 Å². The Hall–Kier alpha value is -1.14. The monoisotopic (exact) mass is 395 g/mol. The molecule has 6 nitrogen and oxygen atoms in total. The number of ether oxygens (including phenoxy) is 1. The second-order valence-electron chi connectivity index (χ2n) is 8.79. The van der Waals surface area contributed by atoms with E-state index in [9.17, 15) is 9.59 Å². The van der Waals surface area contributed by atoms with Crippen LogP contribution in [-0.4, -0.2) is 73.1 Å². The highest BCUT2D eigenvalue weighted by Crippen LogP contribution is 2.24. The zero-order chi connectivity index (χ0) is 20.5. The molecule has 2 rings (SSSR count). The summed E-state index contributed by atoms with van der Waals surface area (Å²) in [5.41, 5.74) is 0. The van der Waals surface area contributed by atoms with E-state index in [1.807, 2.05) is 32.7 Å². The van der Waals surface area contributed by atoms with Gasteiger partial charge in [0.1, 0.15) is 0 Å². The lowest BCUT2D eigenvalue weighted by Gasteiger charge is -2.39. The maximum Gasteiger partial charge on any atom is 0.239 e. The molecular formula is C22H41N3O3. The molecular weight excluding hydrogens is 354 g/mol. The molecule has 1 unspecified atom stereocenters. The first-order valence-electron chi connectivity index (χ1n) is 11.3. The van der Waals surface area contributed by atoms with Gasteiger partial charge in [-0.05, 0) is 66.0 Å². The zero-order valence-electron chi connectivity index (χ0n) is 18.4. The van der Waals surface area contributed by atoms with Crippen LogP contribution in [-0.2, 0) is 14.3 Å². The van der Waals surface area contributed by atoms with Crippen molar-refractivity contribution in [2.24, 2.45) is 5.92 Å². The minimum absolute atomic E-state index is 0.0700. The van der Waals surface area contributed by atoms with Gasteiger partial charge in [0, 0.05) is 32.2 Å². The normalized spacial score (nSPS) is 20.9. The molecule has 6 heteroatoms. The van der Waals surface area contributed by atoms with Crippen LogP contribution in [0.5, 0.6) is 0 Å². The van der Waals surface area contributed by atoms with Gasteiger partial charge in [-0.3, -0.25) is 14.5 Å². The van der Waals surface area contributed by atoms with Crippen LogP contribution in [0.2, 0.25) is 0 Å². The number of hydrogen-bond acceptors (Lipinski definition) is 4. The van der Waals surface area contributed by atoms with Crippen molar-refractivity contribution in [3.63, 3.8) is 0 Å². The van der Waals surface area contributed by atoms with Crippen LogP contribution < -0.4 is 5.32 Å². The average molecular weight is 396 g/mol. The second-order valence-corrected chi connectivity index (χ2v) is 8.79. The SMILES string of the molecule is CC(C)OCCCNC(=O)C1CCN(C(C)C(=O)N(C)C2CCCCC2)CC1. The van der Waals surface area contributed by atoms with Crippen molar-refractivity contribution in [2.45, 2.75) is 90.3 Å². The maximum atomic E-state index is 12.9. The Kier molecular flexibility index (Phi) is 9.72. The van der Waals surface area contributed by atoms with Crippen molar-refractivity contribution in [1.29, 1.82) is 0 Å². The first kappa shape index (κ1) is 23.1. The van der Waals surface area contributed by atoms with Gasteiger partial charge in [0.15, 0.2) is 0 Å². The summed E-state index contributed by atoms with van der Waals surface area (Å²) in [6.45, 7) is 9.06. The van der Waals surface area contributed by atoms with Crippen LogP contribution in [0.15, 0.2) is 0 Å². The molecule has 1 N–H and O–H groups in total. The van der Waals surface area contributed by atoms with Gasteiger partial charge in [-0.15, -0.1) is 0 Å². The molecule has 162 valence electrons. The summed E-state index contributed by atoms with van der Waals surface area (Å²) < 4.78 is 5.50. The molecule has 2 amide bonds. The molecule has 1 saturated carbocycles. The predicted molar refractivity (Wildman–Crippen MR) is 112 cm³/mol. The molecule has 1 atom stereocenters. The lowest BCUT2D eigenvalue weighted by atomic mass is 9.93. The molecule has 28 heavy (non-hydrogen) atoms. The average Bonchev–Trinajstić information content (AvgIpc) is 2.72. The third kappa shape index (κ3) is 7.03. The van der Waals surface area contributed by atoms with Crippen LogP contribution in [0, 0.1) is 5.92 Å². The molecule has 1 aliphatic carbocycles. The summed E-state index contributed by atoms with van der Waals surface area (Å²) in [4.78, 5) is 29.5. The van der Waals surface area contributed by atoms with Crippen molar-refractivity contribution >= 4 is 11.8 Å². The summed E-state index contributed by atoms with van der Waals surface area (Å²) in [5, 5.41) is 3.04. The number of likely N-dealkylation sites (tertiary alicyclic amines) is 1. The molecule has 0 radical (unpaired) electrons. The van der Waals surface area contributed by atoms with E-state index in [0.29, 0.717) is 19.2 Å². The van der Waals surface area contributed by atoms with E-state index < -0.39 is 0 Å². The second kappa shape index (κ2) is 11.8. The van der Waals surface area contributed by atoms with Crippen LogP contribution in [0.4, 0.5) is 0 Å². The van der Waals surface area contributed by atoms with E-state index in [1.54, 1.807) is 0 Å². The van der Waals surface area contributed by atoms with Gasteiger partial charge >= 0.3 is 0 Å². The van der Waals surface area contributed by atoms with Crippen molar-refractivity contribution in [3.8, 4) is 0 Å². The fourth-order valence-corrected chi connectivity index (χ4v) is 4.40. The fraction of sp³-hybridized carbons (Fsp3) is 0.909. The summed E-state index contributed by atoms with van der Waals surface area (Å²) >= 11 is 0. The highest BCUT2D eigenvalue weighted by molar-refractivity contribution is 5.82. The first-order valence-corrected chi connectivity index (χ1v) is 11.3. The molecule has 0 spiro atoms. The smallest absolute Gasteiger partial charge is 0.239 e. The summed E-state index contributed by atoms with van der Waals surface area (Å²) in [7, 11) is 1.97. The quantitative estimate of drug-likeness (QED) is 0.610. The number of carbonyl (C=O) groups is 2. The van der Waals surface area contributed by atoms with Crippen molar-refractivity contribution < 1.29 is 14.3 Å². The third-order valence-electron chi connectivity index (χ3n) is 6.35. The fourth-order valence-electron chi connectivity index (χ4n) is 4.40. The summed E-state index contributed by atoms with van der Waals surface area (Å²) in [6, 6.07) is 0.316. The topological polar surface area (TPSA) is 61.9 Å². The molecule has 0 aromatic heterocycles. The van der Waals surface area contributed by atoms with Crippen LogP contribution in [0.1, 0.15) is 72.1 Å². The number of hydrogen-bond donors (Lipinski definition) is 1. The van der Waals surface area contributed by atoms with Gasteiger partial charge in [0.25, 0.3) is 0 Å². The van der Waals surface area contributed by atoms with Crippen molar-refractivity contribution in [1.82, 2.24) is 15.1 Å². The first-order chi connectivity index (χ1) is 13.4. The number of likely N-dealkylation sites (N-methyl/N-ethyl adjacent to an activating group) is 1. The summed E-state index contributed by atoms with van der Waals surface area (Å²) in [6.07, 6.45) is 8.80. The lowest BCUT2D eigenvalue weighted by molar-refractivity contribution is -0.138. The Balaban J connectivity index is 1.68. The van der Waals surface area contributed by atoms with Gasteiger partial charge in [0.2, 0.25) is 11.8 Å². The number of amides is 2. The maximum absolute atomic E-state index is 12.9. The van der Waals surface area contributed by atoms with Gasteiger partial charge in [-0.2, -0.15) is 0 Å². The van der Waals surface area contributed by atoms with Gasteiger partial charge < -0.3 is 15.0 Å². The standard InChI is InChI=1S/C22H41N3O3/c1-17(2)28-16-8-13-23-21(26)19-11-14-25(15-12-19)18(3)22(27)24(4)20-9-6-5-7-10-20/h17-20H,5-16H2,1-4H3,(H,23,26). The van der Waals surface area contributed by atoms with Gasteiger partial charge in [-0.1, -0.05) is 19.3 Å².